The van der Waals surface area contributed by atoms with Gasteiger partial charge in [0.1, 0.15) is 11.6 Å². The highest BCUT2D eigenvalue weighted by Gasteiger charge is 2.27. The van der Waals surface area contributed by atoms with E-state index in [-0.39, 0.29) is 29.4 Å². The summed E-state index contributed by atoms with van der Waals surface area (Å²) in [5, 5.41) is 2.88. The first-order valence-electron chi connectivity index (χ1n) is 10.1. The average Bonchev–Trinajstić information content (AvgIpc) is 2.75. The molecule has 1 saturated heterocycles. The van der Waals surface area contributed by atoms with E-state index in [2.05, 4.69) is 5.32 Å². The van der Waals surface area contributed by atoms with Gasteiger partial charge in [0, 0.05) is 42.6 Å². The zero-order chi connectivity index (χ0) is 21.5. The number of thioether (sulfide) groups is 1. The molecule has 0 aliphatic carbocycles. The molecule has 0 atom stereocenters. The monoisotopic (exact) mass is 432 g/mol. The van der Waals surface area contributed by atoms with E-state index < -0.39 is 0 Å². The van der Waals surface area contributed by atoms with E-state index in [0.717, 1.165) is 10.5 Å². The van der Waals surface area contributed by atoms with E-state index in [1.807, 2.05) is 11.0 Å². The Labute approximate surface area is 180 Å². The lowest BCUT2D eigenvalue weighted by molar-refractivity contribution is -0.135. The van der Waals surface area contributed by atoms with Gasteiger partial charge in [-0.05, 0) is 61.2 Å². The quantitative estimate of drug-likeness (QED) is 0.664. The highest BCUT2D eigenvalue weighted by molar-refractivity contribution is 7.99. The Morgan fingerprint density at radius 2 is 1.80 bits per heavy atom. The number of nitrogens with zero attached hydrogens (tertiary/aromatic N) is 1. The van der Waals surface area contributed by atoms with Crippen LogP contribution in [0.5, 0.6) is 0 Å². The van der Waals surface area contributed by atoms with Gasteiger partial charge >= 0.3 is 0 Å². The van der Waals surface area contributed by atoms with Crippen LogP contribution < -0.4 is 5.32 Å². The molecule has 2 aromatic rings. The van der Waals surface area contributed by atoms with Crippen molar-refractivity contribution >= 4 is 23.6 Å². The summed E-state index contributed by atoms with van der Waals surface area (Å²) in [6.45, 7) is 3.14. The van der Waals surface area contributed by atoms with Gasteiger partial charge in [-0.1, -0.05) is 12.1 Å². The van der Waals surface area contributed by atoms with E-state index in [4.69, 9.17) is 0 Å². The fourth-order valence-electron chi connectivity index (χ4n) is 3.42. The Balaban J connectivity index is 1.36. The molecule has 7 heteroatoms. The molecule has 30 heavy (non-hydrogen) atoms. The first kappa shape index (κ1) is 22.3. The lowest BCUT2D eigenvalue weighted by atomic mass is 9.95. The molecule has 0 bridgehead atoms. The van der Waals surface area contributed by atoms with Crippen molar-refractivity contribution in [2.75, 3.05) is 18.8 Å². The molecule has 1 N–H and O–H groups in total. The number of benzene rings is 2. The van der Waals surface area contributed by atoms with Crippen LogP contribution >= 0.6 is 11.8 Å². The molecule has 1 fully saturated rings. The topological polar surface area (TPSA) is 49.4 Å². The molecule has 0 saturated carbocycles. The van der Waals surface area contributed by atoms with E-state index in [0.29, 0.717) is 50.2 Å². The maximum Gasteiger partial charge on any atom is 0.223 e. The van der Waals surface area contributed by atoms with Crippen LogP contribution in [0, 0.1) is 24.5 Å². The number of amides is 2. The molecule has 2 amide bonds. The Hall–Kier alpha value is -2.41. The number of piperidine rings is 1. The number of aryl methyl sites for hydroxylation is 1. The predicted molar refractivity (Wildman–Crippen MR) is 114 cm³/mol. The van der Waals surface area contributed by atoms with Gasteiger partial charge in [-0.3, -0.25) is 9.59 Å². The van der Waals surface area contributed by atoms with Crippen LogP contribution in [-0.4, -0.2) is 35.6 Å². The molecule has 2 aromatic carbocycles. The predicted octanol–water partition coefficient (Wildman–Crippen LogP) is 4.31. The minimum atomic E-state index is -0.272. The molecule has 160 valence electrons. The van der Waals surface area contributed by atoms with Crippen LogP contribution in [0.15, 0.2) is 47.4 Å². The molecule has 0 radical (unpaired) electrons. The third-order valence-electron chi connectivity index (χ3n) is 5.32. The van der Waals surface area contributed by atoms with Gasteiger partial charge in [-0.15, -0.1) is 11.8 Å². The summed E-state index contributed by atoms with van der Waals surface area (Å²) in [4.78, 5) is 27.6. The van der Waals surface area contributed by atoms with Crippen LogP contribution in [0.3, 0.4) is 0 Å². The second-order valence-electron chi connectivity index (χ2n) is 7.51. The summed E-state index contributed by atoms with van der Waals surface area (Å²) in [5.41, 5.74) is 1.32. The first-order valence-corrected chi connectivity index (χ1v) is 11.1. The zero-order valence-corrected chi connectivity index (χ0v) is 17.8. The normalized spacial score (nSPS) is 14.6. The van der Waals surface area contributed by atoms with E-state index in [9.17, 15) is 18.4 Å². The van der Waals surface area contributed by atoms with Crippen molar-refractivity contribution in [3.63, 3.8) is 0 Å². The Morgan fingerprint density at radius 1 is 1.10 bits per heavy atom. The molecule has 0 spiro atoms. The van der Waals surface area contributed by atoms with Gasteiger partial charge in [-0.25, -0.2) is 8.78 Å². The van der Waals surface area contributed by atoms with Gasteiger partial charge in [0.15, 0.2) is 0 Å². The summed E-state index contributed by atoms with van der Waals surface area (Å²) in [7, 11) is 0. The Morgan fingerprint density at radius 3 is 2.47 bits per heavy atom. The van der Waals surface area contributed by atoms with Gasteiger partial charge in [0.05, 0.1) is 0 Å². The standard InChI is InChI=1S/C23H26F2N2O2S/c1-16-2-3-17(14-21(16)25)15-26-23(29)18-8-11-27(12-9-18)22(28)10-13-30-20-6-4-19(24)5-7-20/h2-7,14,18H,8-13,15H2,1H3,(H,26,29). The Bertz CT molecular complexity index is 881. The van der Waals surface area contributed by atoms with E-state index in [1.165, 1.54) is 30.0 Å². The van der Waals surface area contributed by atoms with Crippen molar-refractivity contribution in [1.82, 2.24) is 10.2 Å². The second kappa shape index (κ2) is 10.6. The lowest BCUT2D eigenvalue weighted by Gasteiger charge is -2.31. The average molecular weight is 433 g/mol. The van der Waals surface area contributed by atoms with Gasteiger partial charge in [0.2, 0.25) is 11.8 Å². The fourth-order valence-corrected chi connectivity index (χ4v) is 4.26. The molecular weight excluding hydrogens is 406 g/mol. The van der Waals surface area contributed by atoms with Crippen molar-refractivity contribution in [1.29, 1.82) is 0 Å². The number of nitrogens with one attached hydrogen (secondary N) is 1. The number of likely N-dealkylation sites (tertiary alicyclic amines) is 1. The fraction of sp³-hybridized carbons (Fsp3) is 0.391. The molecule has 1 aliphatic rings. The van der Waals surface area contributed by atoms with Crippen LogP contribution in [-0.2, 0) is 16.1 Å². The number of halogens is 2. The summed E-state index contributed by atoms with van der Waals surface area (Å²) < 4.78 is 26.5. The van der Waals surface area contributed by atoms with Gasteiger partial charge in [0.25, 0.3) is 0 Å². The summed E-state index contributed by atoms with van der Waals surface area (Å²) in [6, 6.07) is 11.2. The molecule has 1 heterocycles. The number of rotatable bonds is 7. The van der Waals surface area contributed by atoms with Crippen molar-refractivity contribution in [2.24, 2.45) is 5.92 Å². The van der Waals surface area contributed by atoms with E-state index >= 15 is 0 Å². The minimum absolute atomic E-state index is 0.0463. The molecule has 0 unspecified atom stereocenters. The Kier molecular flexibility index (Phi) is 7.85. The smallest absolute Gasteiger partial charge is 0.223 e. The highest BCUT2D eigenvalue weighted by Crippen LogP contribution is 2.22. The van der Waals surface area contributed by atoms with E-state index in [1.54, 1.807) is 25.1 Å². The highest BCUT2D eigenvalue weighted by atomic mass is 32.2. The largest absolute Gasteiger partial charge is 0.352 e. The van der Waals surface area contributed by atoms with Crippen LogP contribution in [0.2, 0.25) is 0 Å². The maximum absolute atomic E-state index is 13.6. The molecule has 1 aliphatic heterocycles. The van der Waals surface area contributed by atoms with Crippen molar-refractivity contribution in [3.8, 4) is 0 Å². The van der Waals surface area contributed by atoms with Crippen LogP contribution in [0.1, 0.15) is 30.4 Å². The number of hydrogen-bond acceptors (Lipinski definition) is 3. The number of carbonyl (C=O) groups excluding carboxylic acids is 2. The molecule has 0 aromatic heterocycles. The molecule has 4 nitrogen and oxygen atoms in total. The second-order valence-corrected chi connectivity index (χ2v) is 8.68. The first-order chi connectivity index (χ1) is 14.4. The van der Waals surface area contributed by atoms with Crippen molar-refractivity contribution in [2.45, 2.75) is 37.6 Å². The number of hydrogen-bond donors (Lipinski definition) is 1. The van der Waals surface area contributed by atoms with Crippen molar-refractivity contribution < 1.29 is 18.4 Å². The third kappa shape index (κ3) is 6.29. The summed E-state index contributed by atoms with van der Waals surface area (Å²) in [6.07, 6.45) is 1.67. The summed E-state index contributed by atoms with van der Waals surface area (Å²) in [5.74, 6) is 0.00357. The SMILES string of the molecule is Cc1ccc(CNC(=O)C2CCN(C(=O)CCSc3ccc(F)cc3)CC2)cc1F. The van der Waals surface area contributed by atoms with Crippen LogP contribution in [0.4, 0.5) is 8.78 Å². The molecular formula is C23H26F2N2O2S. The summed E-state index contributed by atoms with van der Waals surface area (Å²) >= 11 is 1.53. The number of carbonyl (C=O) groups is 2. The zero-order valence-electron chi connectivity index (χ0n) is 17.0. The van der Waals surface area contributed by atoms with Gasteiger partial charge in [-0.2, -0.15) is 0 Å². The maximum atomic E-state index is 13.6. The lowest BCUT2D eigenvalue weighted by Crippen LogP contribution is -2.43. The van der Waals surface area contributed by atoms with Gasteiger partial charge < -0.3 is 10.2 Å². The van der Waals surface area contributed by atoms with Crippen LogP contribution in [0.25, 0.3) is 0 Å². The molecule has 3 rings (SSSR count). The third-order valence-corrected chi connectivity index (χ3v) is 6.33. The minimum Gasteiger partial charge on any atom is -0.352 e. The van der Waals surface area contributed by atoms with Crippen molar-refractivity contribution in [3.05, 3.63) is 65.2 Å².